The maximum Gasteiger partial charge on any atom is 0.243 e. The van der Waals surface area contributed by atoms with Gasteiger partial charge in [-0.25, -0.2) is 13.1 Å². The molecule has 108 valence electrons. The van der Waals surface area contributed by atoms with E-state index in [4.69, 9.17) is 28.9 Å². The molecule has 0 bridgehead atoms. The van der Waals surface area contributed by atoms with Gasteiger partial charge in [0.15, 0.2) is 0 Å². The Hall–Kier alpha value is -0.140. The molecule has 1 aromatic carbocycles. The van der Waals surface area contributed by atoms with Gasteiger partial charge in [0.2, 0.25) is 10.0 Å². The first-order chi connectivity index (χ1) is 8.88. The second kappa shape index (κ2) is 7.59. The first kappa shape index (κ1) is 16.9. The van der Waals surface area contributed by atoms with Crippen molar-refractivity contribution in [2.24, 2.45) is 0 Å². The van der Waals surface area contributed by atoms with Crippen LogP contribution in [0, 0.1) is 0 Å². The molecule has 1 rings (SSSR count). The van der Waals surface area contributed by atoms with Gasteiger partial charge < -0.3 is 5.73 Å². The van der Waals surface area contributed by atoms with E-state index in [1.807, 2.05) is 6.26 Å². The summed E-state index contributed by atoms with van der Waals surface area (Å²) in [5.74, 6) is 1.01. The maximum absolute atomic E-state index is 12.1. The van der Waals surface area contributed by atoms with Crippen LogP contribution in [-0.4, -0.2) is 27.0 Å². The summed E-state index contributed by atoms with van der Waals surface area (Å²) in [5.41, 5.74) is 5.87. The second-order valence-corrected chi connectivity index (χ2v) is 7.42. The van der Waals surface area contributed by atoms with Crippen LogP contribution in [0.1, 0.15) is 12.8 Å². The van der Waals surface area contributed by atoms with Crippen molar-refractivity contribution < 1.29 is 8.42 Å². The molecule has 0 aliphatic heterocycles. The summed E-state index contributed by atoms with van der Waals surface area (Å²) < 4.78 is 26.7. The minimum Gasteiger partial charge on any atom is -0.399 e. The zero-order chi connectivity index (χ0) is 14.5. The summed E-state index contributed by atoms with van der Waals surface area (Å²) in [7, 11) is -3.70. The van der Waals surface area contributed by atoms with Crippen LogP contribution in [0.3, 0.4) is 0 Å². The molecule has 0 amide bonds. The molecule has 0 spiro atoms. The number of anilines is 1. The SMILES string of the molecule is CSCCCCNS(=O)(=O)c1c(Cl)cc(N)cc1Cl. The van der Waals surface area contributed by atoms with E-state index in [1.54, 1.807) is 11.8 Å². The van der Waals surface area contributed by atoms with Crippen molar-refractivity contribution in [1.29, 1.82) is 0 Å². The fourth-order valence-electron chi connectivity index (χ4n) is 1.49. The van der Waals surface area contributed by atoms with Gasteiger partial charge in [-0.2, -0.15) is 11.8 Å². The van der Waals surface area contributed by atoms with Crippen LogP contribution in [0.25, 0.3) is 0 Å². The Morgan fingerprint density at radius 1 is 1.26 bits per heavy atom. The maximum atomic E-state index is 12.1. The Balaban J connectivity index is 2.78. The minimum absolute atomic E-state index is 0.0293. The van der Waals surface area contributed by atoms with Crippen molar-refractivity contribution in [1.82, 2.24) is 4.72 Å². The van der Waals surface area contributed by atoms with Crippen molar-refractivity contribution in [2.45, 2.75) is 17.7 Å². The van der Waals surface area contributed by atoms with E-state index in [0.29, 0.717) is 12.2 Å². The molecule has 0 aromatic heterocycles. The zero-order valence-electron chi connectivity index (χ0n) is 10.4. The minimum atomic E-state index is -3.70. The van der Waals surface area contributed by atoms with Crippen molar-refractivity contribution in [2.75, 3.05) is 24.3 Å². The number of sulfonamides is 1. The fraction of sp³-hybridized carbons (Fsp3) is 0.455. The van der Waals surface area contributed by atoms with Gasteiger partial charge in [-0.15, -0.1) is 0 Å². The van der Waals surface area contributed by atoms with Crippen molar-refractivity contribution >= 4 is 50.7 Å². The van der Waals surface area contributed by atoms with Crippen LogP contribution in [0.15, 0.2) is 17.0 Å². The fourth-order valence-corrected chi connectivity index (χ4v) is 4.28. The van der Waals surface area contributed by atoms with E-state index in [9.17, 15) is 8.42 Å². The molecule has 0 aliphatic rings. The highest BCUT2D eigenvalue weighted by molar-refractivity contribution is 7.98. The molecule has 0 saturated carbocycles. The van der Waals surface area contributed by atoms with Gasteiger partial charge in [0.1, 0.15) is 4.90 Å². The van der Waals surface area contributed by atoms with Crippen LogP contribution in [0.5, 0.6) is 0 Å². The van der Waals surface area contributed by atoms with E-state index in [-0.39, 0.29) is 14.9 Å². The third kappa shape index (κ3) is 5.04. The molecule has 19 heavy (non-hydrogen) atoms. The first-order valence-corrected chi connectivity index (χ1v) is 9.25. The lowest BCUT2D eigenvalue weighted by Gasteiger charge is -2.10. The number of halogens is 2. The van der Waals surface area contributed by atoms with Gasteiger partial charge in [-0.05, 0) is 37.0 Å². The predicted octanol–water partition coefficient (Wildman–Crippen LogP) is 3.00. The van der Waals surface area contributed by atoms with E-state index in [0.717, 1.165) is 18.6 Å². The smallest absolute Gasteiger partial charge is 0.243 e. The molecule has 1 aromatic rings. The number of hydrogen-bond acceptors (Lipinski definition) is 4. The van der Waals surface area contributed by atoms with Crippen LogP contribution in [-0.2, 0) is 10.0 Å². The molecule has 0 fully saturated rings. The van der Waals surface area contributed by atoms with Crippen LogP contribution in [0.4, 0.5) is 5.69 Å². The first-order valence-electron chi connectivity index (χ1n) is 5.61. The van der Waals surface area contributed by atoms with E-state index >= 15 is 0 Å². The highest BCUT2D eigenvalue weighted by atomic mass is 35.5. The molecule has 0 saturated heterocycles. The zero-order valence-corrected chi connectivity index (χ0v) is 13.6. The van der Waals surface area contributed by atoms with Crippen molar-refractivity contribution in [3.63, 3.8) is 0 Å². The van der Waals surface area contributed by atoms with Gasteiger partial charge in [0.05, 0.1) is 10.0 Å². The molecule has 3 N–H and O–H groups in total. The van der Waals surface area contributed by atoms with Crippen molar-refractivity contribution in [3.8, 4) is 0 Å². The topological polar surface area (TPSA) is 72.2 Å². The highest BCUT2D eigenvalue weighted by Gasteiger charge is 2.21. The average molecular weight is 343 g/mol. The second-order valence-electron chi connectivity index (χ2n) is 3.91. The lowest BCUT2D eigenvalue weighted by atomic mass is 10.3. The quantitative estimate of drug-likeness (QED) is 0.590. The summed E-state index contributed by atoms with van der Waals surface area (Å²) in [4.78, 5) is -0.116. The predicted molar refractivity (Wildman–Crippen MR) is 83.7 cm³/mol. The molecule has 0 aliphatic carbocycles. The van der Waals surface area contributed by atoms with Crippen LogP contribution < -0.4 is 10.5 Å². The molecule has 0 heterocycles. The lowest BCUT2D eigenvalue weighted by Crippen LogP contribution is -2.25. The molecule has 0 unspecified atom stereocenters. The number of benzene rings is 1. The van der Waals surface area contributed by atoms with E-state index < -0.39 is 10.0 Å². The summed E-state index contributed by atoms with van der Waals surface area (Å²) in [6.07, 6.45) is 3.73. The number of hydrogen-bond donors (Lipinski definition) is 2. The summed E-state index contributed by atoms with van der Waals surface area (Å²) in [5, 5.41) is 0.0585. The number of nitrogens with two attached hydrogens (primary N) is 1. The third-order valence-electron chi connectivity index (χ3n) is 2.36. The van der Waals surface area contributed by atoms with Gasteiger partial charge in [-0.3, -0.25) is 0 Å². The Morgan fingerprint density at radius 2 is 1.84 bits per heavy atom. The third-order valence-corrected chi connectivity index (χ3v) is 5.44. The Labute approximate surface area is 128 Å². The molecule has 8 heteroatoms. The Morgan fingerprint density at radius 3 is 2.37 bits per heavy atom. The largest absolute Gasteiger partial charge is 0.399 e. The van der Waals surface area contributed by atoms with Crippen LogP contribution in [0.2, 0.25) is 10.0 Å². The van der Waals surface area contributed by atoms with Crippen LogP contribution >= 0.6 is 35.0 Å². The molecule has 0 radical (unpaired) electrons. The average Bonchev–Trinajstić information content (AvgIpc) is 2.26. The van der Waals surface area contributed by atoms with Gasteiger partial charge in [0.25, 0.3) is 0 Å². The van der Waals surface area contributed by atoms with Gasteiger partial charge in [-0.1, -0.05) is 23.2 Å². The molecule has 0 atom stereocenters. The number of unbranched alkanes of at least 4 members (excludes halogenated alkanes) is 1. The normalized spacial score (nSPS) is 11.7. The number of rotatable bonds is 7. The summed E-state index contributed by atoms with van der Waals surface area (Å²) in [6, 6.07) is 2.74. The molecular formula is C11H16Cl2N2O2S2. The lowest BCUT2D eigenvalue weighted by molar-refractivity contribution is 0.578. The summed E-state index contributed by atoms with van der Waals surface area (Å²) in [6.45, 7) is 0.361. The number of nitrogens with one attached hydrogen (secondary N) is 1. The molecule has 4 nitrogen and oxygen atoms in total. The monoisotopic (exact) mass is 342 g/mol. The molecular weight excluding hydrogens is 327 g/mol. The Bertz CT molecular complexity index is 512. The van der Waals surface area contributed by atoms with Crippen molar-refractivity contribution in [3.05, 3.63) is 22.2 Å². The van der Waals surface area contributed by atoms with E-state index in [1.165, 1.54) is 12.1 Å². The van der Waals surface area contributed by atoms with Gasteiger partial charge >= 0.3 is 0 Å². The van der Waals surface area contributed by atoms with Gasteiger partial charge in [0, 0.05) is 12.2 Å². The highest BCUT2D eigenvalue weighted by Crippen LogP contribution is 2.31. The number of thioether (sulfide) groups is 1. The van der Waals surface area contributed by atoms with E-state index in [2.05, 4.69) is 4.72 Å². The Kier molecular flexibility index (Phi) is 6.76. The number of nitrogen functional groups attached to an aromatic ring is 1. The summed E-state index contributed by atoms with van der Waals surface area (Å²) >= 11 is 13.5. The standard InChI is InChI=1S/C11H16Cl2N2O2S2/c1-18-5-3-2-4-15-19(16,17)11-9(12)6-8(14)7-10(11)13/h6-7,15H,2-5,14H2,1H3.